The molecule has 0 radical (unpaired) electrons. The summed E-state index contributed by atoms with van der Waals surface area (Å²) in [5.41, 5.74) is 2.55. The Labute approximate surface area is 192 Å². The molecule has 0 bridgehead atoms. The molecular formula is C27H31F5O. The Kier molecular flexibility index (Phi) is 7.30. The van der Waals surface area contributed by atoms with Crippen LogP contribution < -0.4 is 4.74 Å². The number of ether oxygens (including phenoxy) is 1. The van der Waals surface area contributed by atoms with E-state index in [9.17, 15) is 22.0 Å². The molecule has 2 aliphatic carbocycles. The third-order valence-corrected chi connectivity index (χ3v) is 7.55. The van der Waals surface area contributed by atoms with Crippen molar-refractivity contribution in [2.24, 2.45) is 11.8 Å². The highest BCUT2D eigenvalue weighted by atomic mass is 19.3. The molecule has 2 aromatic rings. The van der Waals surface area contributed by atoms with Crippen molar-refractivity contribution in [3.8, 4) is 5.75 Å². The van der Waals surface area contributed by atoms with Crippen LogP contribution >= 0.6 is 0 Å². The first kappa shape index (κ1) is 24.0. The van der Waals surface area contributed by atoms with Crippen LogP contribution in [0.2, 0.25) is 0 Å². The Bertz CT molecular complexity index is 911. The van der Waals surface area contributed by atoms with E-state index in [2.05, 4.69) is 35.9 Å². The van der Waals surface area contributed by atoms with Crippen LogP contribution in [-0.4, -0.2) is 6.11 Å². The Morgan fingerprint density at radius 2 is 1.24 bits per heavy atom. The average Bonchev–Trinajstić information content (AvgIpc) is 3.02. The zero-order valence-electron chi connectivity index (χ0n) is 18.9. The molecule has 1 nitrogen and oxygen atoms in total. The normalized spacial score (nSPS) is 26.6. The van der Waals surface area contributed by atoms with E-state index in [-0.39, 0.29) is 18.8 Å². The van der Waals surface area contributed by atoms with Crippen molar-refractivity contribution in [2.75, 3.05) is 0 Å². The molecule has 0 N–H and O–H groups in total. The van der Waals surface area contributed by atoms with Gasteiger partial charge in [-0.1, -0.05) is 50.5 Å². The highest BCUT2D eigenvalue weighted by molar-refractivity contribution is 5.29. The zero-order valence-corrected chi connectivity index (χ0v) is 18.9. The molecule has 2 aromatic carbocycles. The SMILES string of the molecule is CC1CCCC(c2ccc(C3CCC(C(F)(F)Oc4cc(F)c(F)c(F)c4)CC3)cc2)CC1. The molecule has 2 fully saturated rings. The van der Waals surface area contributed by atoms with E-state index in [1.54, 1.807) is 0 Å². The van der Waals surface area contributed by atoms with Crippen LogP contribution in [0.4, 0.5) is 22.0 Å². The number of rotatable bonds is 5. The maximum Gasteiger partial charge on any atom is 0.400 e. The molecule has 6 heteroatoms. The third kappa shape index (κ3) is 5.70. The fraction of sp³-hybridized carbons (Fsp3) is 0.556. The van der Waals surface area contributed by atoms with Crippen molar-refractivity contribution in [1.82, 2.24) is 0 Å². The molecule has 4 rings (SSSR count). The summed E-state index contributed by atoms with van der Waals surface area (Å²) in [4.78, 5) is 0. The van der Waals surface area contributed by atoms with Gasteiger partial charge < -0.3 is 4.74 Å². The van der Waals surface area contributed by atoms with Gasteiger partial charge in [0.1, 0.15) is 5.75 Å². The zero-order chi connectivity index (χ0) is 23.6. The van der Waals surface area contributed by atoms with Gasteiger partial charge in [0.05, 0.1) is 5.92 Å². The quantitative estimate of drug-likeness (QED) is 0.243. The van der Waals surface area contributed by atoms with Gasteiger partial charge in [0.25, 0.3) is 0 Å². The molecule has 2 aliphatic rings. The Hall–Kier alpha value is -2.11. The summed E-state index contributed by atoms with van der Waals surface area (Å²) >= 11 is 0. The second-order valence-electron chi connectivity index (χ2n) is 9.89. The van der Waals surface area contributed by atoms with Gasteiger partial charge in [-0.05, 0) is 67.4 Å². The summed E-state index contributed by atoms with van der Waals surface area (Å²) < 4.78 is 73.7. The lowest BCUT2D eigenvalue weighted by molar-refractivity contribution is -0.222. The standard InChI is InChI=1S/C27H31F5O/c1-17-3-2-4-18(6-5-17)19-7-9-20(10-8-19)21-11-13-22(14-12-21)27(31,32)33-23-15-24(28)26(30)25(29)16-23/h7-10,15-18,21-22H,2-6,11-14H2,1H3. The molecule has 0 aromatic heterocycles. The summed E-state index contributed by atoms with van der Waals surface area (Å²) in [6.07, 6.45) is 4.38. The molecule has 0 amide bonds. The average molecular weight is 467 g/mol. The van der Waals surface area contributed by atoms with Crippen LogP contribution in [0.3, 0.4) is 0 Å². The number of benzene rings is 2. The van der Waals surface area contributed by atoms with E-state index in [1.807, 2.05) is 0 Å². The van der Waals surface area contributed by atoms with E-state index in [4.69, 9.17) is 0 Å². The van der Waals surface area contributed by atoms with Gasteiger partial charge >= 0.3 is 6.11 Å². The first-order chi connectivity index (χ1) is 15.7. The van der Waals surface area contributed by atoms with Crippen molar-refractivity contribution in [1.29, 1.82) is 0 Å². The summed E-state index contributed by atoms with van der Waals surface area (Å²) in [5.74, 6) is -4.95. The summed E-state index contributed by atoms with van der Waals surface area (Å²) in [6, 6.07) is 9.61. The fourth-order valence-corrected chi connectivity index (χ4v) is 5.46. The monoisotopic (exact) mass is 466 g/mol. The van der Waals surface area contributed by atoms with Crippen molar-refractivity contribution in [3.63, 3.8) is 0 Å². The summed E-state index contributed by atoms with van der Waals surface area (Å²) in [5, 5.41) is 0. The maximum absolute atomic E-state index is 14.6. The summed E-state index contributed by atoms with van der Waals surface area (Å²) in [7, 11) is 0. The molecule has 33 heavy (non-hydrogen) atoms. The number of alkyl halides is 2. The minimum Gasteiger partial charge on any atom is -0.432 e. The van der Waals surface area contributed by atoms with Crippen LogP contribution in [0.1, 0.15) is 87.7 Å². The predicted octanol–water partition coefficient (Wildman–Crippen LogP) is 8.73. The van der Waals surface area contributed by atoms with Crippen molar-refractivity contribution >= 4 is 0 Å². The first-order valence-electron chi connectivity index (χ1n) is 12.0. The molecular weight excluding hydrogens is 435 g/mol. The molecule has 0 spiro atoms. The second kappa shape index (κ2) is 10.0. The minimum absolute atomic E-state index is 0.209. The topological polar surface area (TPSA) is 9.23 Å². The second-order valence-corrected chi connectivity index (χ2v) is 9.89. The lowest BCUT2D eigenvalue weighted by Gasteiger charge is -2.33. The molecule has 0 saturated heterocycles. The van der Waals surface area contributed by atoms with Crippen molar-refractivity contribution < 1.29 is 26.7 Å². The molecule has 180 valence electrons. The lowest BCUT2D eigenvalue weighted by Crippen LogP contribution is -2.37. The molecule has 0 aliphatic heterocycles. The van der Waals surface area contributed by atoms with E-state index in [1.165, 1.54) is 43.2 Å². The fourth-order valence-electron chi connectivity index (χ4n) is 5.46. The van der Waals surface area contributed by atoms with Gasteiger partial charge in [-0.2, -0.15) is 8.78 Å². The van der Waals surface area contributed by atoms with E-state index in [0.717, 1.165) is 5.92 Å². The van der Waals surface area contributed by atoms with Gasteiger partial charge in [0.2, 0.25) is 0 Å². The van der Waals surface area contributed by atoms with Crippen LogP contribution in [-0.2, 0) is 0 Å². The first-order valence-corrected chi connectivity index (χ1v) is 12.0. The third-order valence-electron chi connectivity index (χ3n) is 7.55. The summed E-state index contributed by atoms with van der Waals surface area (Å²) in [6.45, 7) is 2.33. The van der Waals surface area contributed by atoms with Gasteiger partial charge in [-0.25, -0.2) is 13.2 Å². The predicted molar refractivity (Wildman–Crippen MR) is 118 cm³/mol. The smallest absolute Gasteiger partial charge is 0.400 e. The van der Waals surface area contributed by atoms with Gasteiger partial charge in [-0.3, -0.25) is 0 Å². The number of halogens is 5. The van der Waals surface area contributed by atoms with E-state index < -0.39 is 35.2 Å². The van der Waals surface area contributed by atoms with Gasteiger partial charge in [0.15, 0.2) is 17.5 Å². The van der Waals surface area contributed by atoms with Gasteiger partial charge in [0, 0.05) is 12.1 Å². The van der Waals surface area contributed by atoms with E-state index >= 15 is 0 Å². The van der Waals surface area contributed by atoms with Crippen LogP contribution in [0, 0.1) is 29.3 Å². The molecule has 2 unspecified atom stereocenters. The largest absolute Gasteiger partial charge is 0.432 e. The Balaban J connectivity index is 1.34. The van der Waals surface area contributed by atoms with Gasteiger partial charge in [-0.15, -0.1) is 0 Å². The van der Waals surface area contributed by atoms with Crippen LogP contribution in [0.25, 0.3) is 0 Å². The molecule has 2 atom stereocenters. The van der Waals surface area contributed by atoms with Crippen molar-refractivity contribution in [2.45, 2.75) is 82.7 Å². The molecule has 0 heterocycles. The van der Waals surface area contributed by atoms with E-state index in [0.29, 0.717) is 30.9 Å². The van der Waals surface area contributed by atoms with Crippen molar-refractivity contribution in [3.05, 3.63) is 65.0 Å². The lowest BCUT2D eigenvalue weighted by atomic mass is 9.77. The Morgan fingerprint density at radius 3 is 1.82 bits per heavy atom. The minimum atomic E-state index is -3.58. The van der Waals surface area contributed by atoms with Crippen LogP contribution in [0.5, 0.6) is 5.75 Å². The highest BCUT2D eigenvalue weighted by Crippen LogP contribution is 2.44. The Morgan fingerprint density at radius 1 is 0.727 bits per heavy atom. The maximum atomic E-state index is 14.6. The number of hydrogen-bond acceptors (Lipinski definition) is 1. The van der Waals surface area contributed by atoms with Crippen LogP contribution in [0.15, 0.2) is 36.4 Å². The highest BCUT2D eigenvalue weighted by Gasteiger charge is 2.44. The molecule has 2 saturated carbocycles. The number of hydrogen-bond donors (Lipinski definition) is 0.